The van der Waals surface area contributed by atoms with Crippen LogP contribution < -0.4 is 26.8 Å². The number of carbonyl (C=O) groups is 1. The van der Waals surface area contributed by atoms with Crippen LogP contribution in [0.25, 0.3) is 0 Å². The summed E-state index contributed by atoms with van der Waals surface area (Å²) in [5.41, 5.74) is -0.531. The molecule has 1 aliphatic heterocycles. The van der Waals surface area contributed by atoms with Crippen molar-refractivity contribution in [2.24, 2.45) is 0 Å². The van der Waals surface area contributed by atoms with E-state index in [-0.39, 0.29) is 41.3 Å². The van der Waals surface area contributed by atoms with Crippen molar-refractivity contribution < 1.29 is 13.6 Å². The highest BCUT2D eigenvalue weighted by atomic mass is 19.1. The maximum absolute atomic E-state index is 13.8. The fourth-order valence-electron chi connectivity index (χ4n) is 2.99. The standard InChI is InChI=1S/C18H14FN3O4/c1-8-2-3-9(26-8)6-20-14-15(17(24)16(14)23)22-12-5-4-11(19)10-7-21-18(25)13(10)12/h2-5,20,22H,6-7H2,1H3,(H,21,25). The summed E-state index contributed by atoms with van der Waals surface area (Å²) in [5, 5.41) is 8.21. The second-order valence-corrected chi connectivity index (χ2v) is 6.03. The van der Waals surface area contributed by atoms with Crippen LogP contribution in [-0.2, 0) is 13.1 Å². The molecule has 132 valence electrons. The Morgan fingerprint density at radius 2 is 1.88 bits per heavy atom. The summed E-state index contributed by atoms with van der Waals surface area (Å²) in [6.07, 6.45) is 0. The number of carbonyl (C=O) groups excluding carboxylic acids is 1. The van der Waals surface area contributed by atoms with Crippen LogP contribution >= 0.6 is 0 Å². The molecule has 0 saturated carbocycles. The fraction of sp³-hybridized carbons (Fsp3) is 0.167. The van der Waals surface area contributed by atoms with E-state index in [1.54, 1.807) is 19.1 Å². The summed E-state index contributed by atoms with van der Waals surface area (Å²) in [5.74, 6) is 0.420. The van der Waals surface area contributed by atoms with Crippen LogP contribution in [0.4, 0.5) is 21.5 Å². The third-order valence-electron chi connectivity index (χ3n) is 4.31. The predicted octanol–water partition coefficient (Wildman–Crippen LogP) is 1.92. The summed E-state index contributed by atoms with van der Waals surface area (Å²) >= 11 is 0. The average Bonchev–Trinajstić information content (AvgIpc) is 3.22. The molecule has 1 amide bonds. The van der Waals surface area contributed by atoms with Gasteiger partial charge in [-0.3, -0.25) is 14.4 Å². The van der Waals surface area contributed by atoms with Gasteiger partial charge >= 0.3 is 0 Å². The largest absolute Gasteiger partial charge is 0.465 e. The van der Waals surface area contributed by atoms with Crippen molar-refractivity contribution in [3.63, 3.8) is 0 Å². The minimum atomic E-state index is -0.695. The van der Waals surface area contributed by atoms with E-state index in [0.29, 0.717) is 5.76 Å². The Labute approximate surface area is 146 Å². The zero-order valence-electron chi connectivity index (χ0n) is 13.7. The van der Waals surface area contributed by atoms with Gasteiger partial charge in [0.2, 0.25) is 0 Å². The molecule has 7 nitrogen and oxygen atoms in total. The molecular weight excluding hydrogens is 341 g/mol. The lowest BCUT2D eigenvalue weighted by Crippen LogP contribution is -2.36. The number of nitrogens with one attached hydrogen (secondary N) is 3. The van der Waals surface area contributed by atoms with Gasteiger partial charge in [0.15, 0.2) is 0 Å². The zero-order chi connectivity index (χ0) is 18.4. The monoisotopic (exact) mass is 355 g/mol. The van der Waals surface area contributed by atoms with Crippen molar-refractivity contribution in [1.29, 1.82) is 0 Å². The maximum atomic E-state index is 13.8. The van der Waals surface area contributed by atoms with Crippen molar-refractivity contribution in [2.45, 2.75) is 20.0 Å². The molecule has 0 aliphatic carbocycles. The first-order chi connectivity index (χ1) is 12.5. The van der Waals surface area contributed by atoms with Gasteiger partial charge in [0.1, 0.15) is 28.7 Å². The fourth-order valence-corrected chi connectivity index (χ4v) is 2.99. The van der Waals surface area contributed by atoms with Crippen molar-refractivity contribution in [1.82, 2.24) is 5.32 Å². The highest BCUT2D eigenvalue weighted by Gasteiger charge is 2.28. The molecule has 0 fully saturated rings. The number of fused-ring (bicyclic) bond motifs is 1. The number of hydrogen-bond acceptors (Lipinski definition) is 6. The molecule has 0 spiro atoms. The number of anilines is 3. The molecule has 1 aromatic heterocycles. The molecule has 4 rings (SSSR count). The SMILES string of the molecule is Cc1ccc(CNc2c(Nc3ccc(F)c4c3C(=O)NC4)c(=O)c2=O)o1. The molecule has 0 radical (unpaired) electrons. The maximum Gasteiger partial charge on any atom is 0.254 e. The Morgan fingerprint density at radius 3 is 2.62 bits per heavy atom. The lowest BCUT2D eigenvalue weighted by atomic mass is 10.1. The summed E-state index contributed by atoms with van der Waals surface area (Å²) < 4.78 is 19.2. The Bertz CT molecular complexity index is 1110. The summed E-state index contributed by atoms with van der Waals surface area (Å²) in [4.78, 5) is 35.7. The second-order valence-electron chi connectivity index (χ2n) is 6.03. The van der Waals surface area contributed by atoms with Crippen molar-refractivity contribution in [3.05, 3.63) is 73.2 Å². The van der Waals surface area contributed by atoms with Crippen LogP contribution in [0.1, 0.15) is 27.4 Å². The van der Waals surface area contributed by atoms with Gasteiger partial charge in [-0.25, -0.2) is 4.39 Å². The molecule has 3 aromatic rings. The molecule has 2 aromatic carbocycles. The Morgan fingerprint density at radius 1 is 1.12 bits per heavy atom. The van der Waals surface area contributed by atoms with Crippen LogP contribution in [0, 0.1) is 12.7 Å². The van der Waals surface area contributed by atoms with Gasteiger partial charge in [0.25, 0.3) is 16.8 Å². The quantitative estimate of drug-likeness (QED) is 0.605. The van der Waals surface area contributed by atoms with Crippen LogP contribution in [0.2, 0.25) is 0 Å². The Balaban J connectivity index is 1.62. The highest BCUT2D eigenvalue weighted by Crippen LogP contribution is 2.30. The van der Waals surface area contributed by atoms with Gasteiger partial charge in [0, 0.05) is 12.1 Å². The molecule has 2 heterocycles. The van der Waals surface area contributed by atoms with Gasteiger partial charge in [-0.2, -0.15) is 0 Å². The number of rotatable bonds is 5. The minimum Gasteiger partial charge on any atom is -0.465 e. The van der Waals surface area contributed by atoms with E-state index < -0.39 is 22.6 Å². The van der Waals surface area contributed by atoms with Gasteiger partial charge in [0.05, 0.1) is 17.8 Å². The number of amides is 1. The Hall–Kier alpha value is -3.42. The van der Waals surface area contributed by atoms with Crippen molar-refractivity contribution >= 4 is 23.0 Å². The van der Waals surface area contributed by atoms with E-state index in [1.807, 2.05) is 0 Å². The van der Waals surface area contributed by atoms with Gasteiger partial charge in [-0.15, -0.1) is 0 Å². The van der Waals surface area contributed by atoms with Crippen LogP contribution in [0.5, 0.6) is 0 Å². The van der Waals surface area contributed by atoms with E-state index in [4.69, 9.17) is 4.42 Å². The first kappa shape index (κ1) is 16.1. The first-order valence-corrected chi connectivity index (χ1v) is 7.95. The molecule has 0 saturated heterocycles. The lowest BCUT2D eigenvalue weighted by molar-refractivity contribution is 0.0966. The van der Waals surface area contributed by atoms with Gasteiger partial charge in [-0.05, 0) is 31.2 Å². The minimum absolute atomic E-state index is 0.0480. The van der Waals surface area contributed by atoms with E-state index in [0.717, 1.165) is 5.76 Å². The molecule has 26 heavy (non-hydrogen) atoms. The lowest BCUT2D eigenvalue weighted by Gasteiger charge is -2.16. The topological polar surface area (TPSA) is 100 Å². The molecule has 0 bridgehead atoms. The smallest absolute Gasteiger partial charge is 0.254 e. The van der Waals surface area contributed by atoms with E-state index in [9.17, 15) is 18.8 Å². The third-order valence-corrected chi connectivity index (χ3v) is 4.31. The first-order valence-electron chi connectivity index (χ1n) is 7.95. The molecule has 1 aliphatic rings. The Kier molecular flexibility index (Phi) is 3.61. The summed E-state index contributed by atoms with van der Waals surface area (Å²) in [6, 6.07) is 6.14. The van der Waals surface area contributed by atoms with Crippen LogP contribution in [0.3, 0.4) is 0 Å². The van der Waals surface area contributed by atoms with Crippen molar-refractivity contribution in [3.8, 4) is 0 Å². The zero-order valence-corrected chi connectivity index (χ0v) is 13.7. The predicted molar refractivity (Wildman–Crippen MR) is 93.0 cm³/mol. The van der Waals surface area contributed by atoms with Crippen LogP contribution in [-0.4, -0.2) is 5.91 Å². The molecule has 8 heteroatoms. The van der Waals surface area contributed by atoms with E-state index in [2.05, 4.69) is 16.0 Å². The highest BCUT2D eigenvalue weighted by molar-refractivity contribution is 6.04. The van der Waals surface area contributed by atoms with Crippen LogP contribution in [0.15, 0.2) is 38.3 Å². The van der Waals surface area contributed by atoms with Gasteiger partial charge in [-0.1, -0.05) is 0 Å². The third kappa shape index (κ3) is 2.46. The van der Waals surface area contributed by atoms with E-state index >= 15 is 0 Å². The molecular formula is C18H14FN3O4. The number of furan rings is 1. The molecule has 3 N–H and O–H groups in total. The molecule has 0 atom stereocenters. The summed E-state index contributed by atoms with van der Waals surface area (Å²) in [6.45, 7) is 2.12. The summed E-state index contributed by atoms with van der Waals surface area (Å²) in [7, 11) is 0. The normalized spacial score (nSPS) is 12.9. The number of halogens is 1. The van der Waals surface area contributed by atoms with E-state index in [1.165, 1.54) is 12.1 Å². The average molecular weight is 355 g/mol. The van der Waals surface area contributed by atoms with Crippen molar-refractivity contribution in [2.75, 3.05) is 10.6 Å². The number of aryl methyl sites for hydroxylation is 1. The number of benzene rings is 1. The second kappa shape index (κ2) is 5.83. The van der Waals surface area contributed by atoms with Gasteiger partial charge < -0.3 is 20.4 Å². The molecule has 0 unspecified atom stereocenters. The number of hydrogen-bond donors (Lipinski definition) is 3.